The van der Waals surface area contributed by atoms with Gasteiger partial charge in [0.05, 0.1) is 0 Å². The van der Waals surface area contributed by atoms with Gasteiger partial charge in [0, 0.05) is 62.0 Å². The van der Waals surface area contributed by atoms with Crippen molar-refractivity contribution in [2.45, 2.75) is 0 Å². The summed E-state index contributed by atoms with van der Waals surface area (Å²) in [5.41, 5.74) is 0. The molecule has 0 spiro atoms. The van der Waals surface area contributed by atoms with Gasteiger partial charge in [-0.25, -0.2) is 0 Å². The summed E-state index contributed by atoms with van der Waals surface area (Å²) >= 11 is 0. The largest absolute Gasteiger partial charge is 0.187 e. The number of rotatable bonds is 0. The molecule has 0 aromatic rings. The third kappa shape index (κ3) is 19.5. The first-order chi connectivity index (χ1) is 0. The van der Waals surface area contributed by atoms with E-state index in [2.05, 4.69) is 0 Å². The molecule has 5 heavy (non-hydrogen) atoms. The van der Waals surface area contributed by atoms with E-state index in [1.54, 1.807) is 0 Å². The molecule has 0 bridgehead atoms. The zero-order chi connectivity index (χ0) is 0. The van der Waals surface area contributed by atoms with Crippen molar-refractivity contribution in [2.75, 3.05) is 0 Å². The van der Waals surface area contributed by atoms with Crippen LogP contribution < -0.4 is 0 Å². The Kier molecular flexibility index (Phi) is 247. The van der Waals surface area contributed by atoms with Crippen molar-refractivity contribution >= 4 is 27.3 Å². The minimum Gasteiger partial charge on any atom is -0.153 e. The smallest absolute Gasteiger partial charge is 0.153 e. The van der Waals surface area contributed by atoms with Crippen LogP contribution in [0.1, 0.15) is 0 Å². The van der Waals surface area contributed by atoms with Gasteiger partial charge >= 0.3 is 0 Å². The maximum atomic E-state index is 0. The summed E-state index contributed by atoms with van der Waals surface area (Å²) in [4.78, 5) is 0. The fourth-order valence-corrected chi connectivity index (χ4v) is 0. The second-order valence-corrected chi connectivity index (χ2v) is 0. The van der Waals surface area contributed by atoms with Crippen molar-refractivity contribution in [3.63, 3.8) is 0 Å². The molecule has 0 amide bonds. The molecule has 1 unspecified atom stereocenters. The van der Waals surface area contributed by atoms with E-state index in [1.165, 1.54) is 0 Å². The van der Waals surface area contributed by atoms with Crippen molar-refractivity contribution in [1.82, 2.24) is 0 Å². The molecule has 0 aromatic carbocycles. The molecule has 0 aliphatic carbocycles. The third-order valence-corrected chi connectivity index (χ3v) is 0. The molecule has 0 aliphatic rings. The topological polar surface area (TPSA) is 0 Å². The van der Waals surface area contributed by atoms with Crippen molar-refractivity contribution < 1.29 is 62.0 Å². The van der Waals surface area contributed by atoms with Crippen LogP contribution in [0.3, 0.4) is 0 Å². The van der Waals surface area contributed by atoms with Crippen LogP contribution in [0.15, 0.2) is 0 Å². The molecule has 0 N–H and O–H groups in total. The number of hydrogen-bond donors (Lipinski definition) is 0. The summed E-state index contributed by atoms with van der Waals surface area (Å²) in [5.74, 6) is 0. The summed E-state index contributed by atoms with van der Waals surface area (Å²) < 4.78 is 0. The van der Waals surface area contributed by atoms with E-state index in [1.807, 2.05) is 0 Å². The van der Waals surface area contributed by atoms with Gasteiger partial charge < -0.3 is 0 Å². The van der Waals surface area contributed by atoms with E-state index < -0.39 is 0 Å². The van der Waals surface area contributed by atoms with Gasteiger partial charge in [0.2, 0.25) is 0 Å². The summed E-state index contributed by atoms with van der Waals surface area (Å²) in [6.45, 7) is 0. The fraction of sp³-hybridized carbons (Fsp3) is 0. The summed E-state index contributed by atoms with van der Waals surface area (Å²) in [6.07, 6.45) is 0. The van der Waals surface area contributed by atoms with Gasteiger partial charge in [0.15, 0.2) is 17.4 Å². The molecule has 0 nitrogen and oxygen atoms in total. The fourth-order valence-electron chi connectivity index (χ4n) is 0. The molecule has 0 fully saturated rings. The molecule has 5 heteroatoms. The van der Waals surface area contributed by atoms with Crippen molar-refractivity contribution in [3.8, 4) is 0 Å². The third-order valence-electron chi connectivity index (χ3n) is 0. The zero-order valence-corrected chi connectivity index (χ0v) is 9.03. The minimum absolute atomic E-state index is 0. The van der Waals surface area contributed by atoms with Crippen LogP contribution in [0.5, 0.6) is 0 Å². The van der Waals surface area contributed by atoms with Crippen LogP contribution in [0, 0.1) is 0 Å². The molecule has 1 atom stereocenters. The Labute approximate surface area is 88.0 Å². The summed E-state index contributed by atoms with van der Waals surface area (Å²) in [7, 11) is 0. The van der Waals surface area contributed by atoms with Gasteiger partial charge in [-0.2, -0.15) is 9.90 Å². The predicted octanol–water partition coefficient (Wildman–Crippen LogP) is -1.13. The Hall–Kier alpha value is 2.98. The first kappa shape index (κ1) is 43.8. The Bertz CT molecular complexity index is 11.6. The van der Waals surface area contributed by atoms with E-state index >= 15 is 0 Å². The van der Waals surface area contributed by atoms with Gasteiger partial charge in [-0.15, -0.1) is 0 Å². The van der Waals surface area contributed by atoms with Gasteiger partial charge in [-0.05, 0) is 0 Å². The minimum atomic E-state index is 0. The SMILES string of the molecule is P.[AlH3].[Mo].[Nb].[V]. The van der Waals surface area contributed by atoms with Crippen LogP contribution in [0.25, 0.3) is 0 Å². The average molecular weight is 304 g/mol. The van der Waals surface area contributed by atoms with Crippen LogP contribution in [0.2, 0.25) is 0 Å². The second-order valence-electron chi connectivity index (χ2n) is 0. The van der Waals surface area contributed by atoms with E-state index in [9.17, 15) is 0 Å². The van der Waals surface area contributed by atoms with Crippen LogP contribution in [-0.2, 0) is 62.0 Å². The molecule has 0 heterocycles. The molecule has 0 rings (SSSR count). The van der Waals surface area contributed by atoms with Gasteiger partial charge in [0.25, 0.3) is 0 Å². The Morgan fingerprint density at radius 1 is 1.00 bits per heavy atom. The van der Waals surface area contributed by atoms with Crippen molar-refractivity contribution in [3.05, 3.63) is 0 Å². The molecular formula is H6AlMoNbPV. The van der Waals surface area contributed by atoms with Crippen LogP contribution in [-0.4, -0.2) is 17.4 Å². The zero-order valence-electron chi connectivity index (χ0n) is 2.01. The van der Waals surface area contributed by atoms with E-state index in [0.29, 0.717) is 0 Å². The molecular weight excluding hydrogens is 298 g/mol. The Balaban J connectivity index is 0. The molecule has 0 aromatic heterocycles. The number of hydrogen-bond acceptors (Lipinski definition) is 0. The van der Waals surface area contributed by atoms with Crippen LogP contribution in [0.4, 0.5) is 0 Å². The van der Waals surface area contributed by atoms with Crippen molar-refractivity contribution in [2.24, 2.45) is 0 Å². The quantitative estimate of drug-likeness (QED) is 0.392. The normalized spacial score (nSPS) is 0. The Morgan fingerprint density at radius 3 is 1.00 bits per heavy atom. The van der Waals surface area contributed by atoms with Gasteiger partial charge in [-0.1, -0.05) is 0 Å². The van der Waals surface area contributed by atoms with Gasteiger partial charge in [0.1, 0.15) is 0 Å². The second kappa shape index (κ2) is 28.1. The molecule has 30 valence electrons. The maximum Gasteiger partial charge on any atom is 0.187 e. The molecule has 0 saturated heterocycles. The average Bonchev–Trinajstić information content (AvgIpc) is 0. The van der Waals surface area contributed by atoms with Crippen molar-refractivity contribution in [1.29, 1.82) is 0 Å². The first-order valence-corrected chi connectivity index (χ1v) is 0. The predicted molar refractivity (Wildman–Crippen MR) is 21.0 cm³/mol. The monoisotopic (exact) mass is 306 g/mol. The summed E-state index contributed by atoms with van der Waals surface area (Å²) in [6, 6.07) is 0. The molecule has 2 radical (unpaired) electrons. The first-order valence-electron chi connectivity index (χ1n) is 0. The van der Waals surface area contributed by atoms with Gasteiger partial charge in [-0.3, -0.25) is 0 Å². The van der Waals surface area contributed by atoms with E-state index in [4.69, 9.17) is 0 Å². The standard InChI is InChI=1S/Al.Mo.Nb.H3P.V.3H/h;;;1H3;;;;. The Morgan fingerprint density at radius 2 is 1.00 bits per heavy atom. The van der Waals surface area contributed by atoms with E-state index in [-0.39, 0.29) is 89.3 Å². The van der Waals surface area contributed by atoms with Crippen LogP contribution >= 0.6 is 9.90 Å². The molecule has 0 aliphatic heterocycles. The molecule has 0 saturated carbocycles. The maximum absolute atomic E-state index is 0. The van der Waals surface area contributed by atoms with E-state index in [0.717, 1.165) is 0 Å². The summed E-state index contributed by atoms with van der Waals surface area (Å²) in [5, 5.41) is 0.